The number of nitrogens with two attached hydrogens (primary N) is 6. The van der Waals surface area contributed by atoms with Crippen LogP contribution < -0.4 is 104 Å². The molecule has 0 unspecified atom stereocenters. The number of imidazole rings is 4. The van der Waals surface area contributed by atoms with Gasteiger partial charge in [0.05, 0.1) is 31.4 Å². The molecule has 4 aromatic heterocycles. The lowest BCUT2D eigenvalue weighted by atomic mass is 10.0. The van der Waals surface area contributed by atoms with Gasteiger partial charge in [0.1, 0.15) is 72.2 Å². The monoisotopic (exact) mass is 1640 g/mol. The molecule has 0 bridgehead atoms. The van der Waals surface area contributed by atoms with Crippen molar-refractivity contribution < 1.29 is 67.7 Å². The number of carboxylic acid groups (broad SMARTS) is 1. The minimum atomic E-state index is -1.62. The Kier molecular flexibility index (Phi) is 40.2. The smallest absolute Gasteiger partial charge is 0.326 e. The van der Waals surface area contributed by atoms with E-state index in [1.165, 1.54) is 81.3 Å². The summed E-state index contributed by atoms with van der Waals surface area (Å²) in [4.78, 5) is 201. The van der Waals surface area contributed by atoms with Crippen LogP contribution in [0.3, 0.4) is 0 Å². The van der Waals surface area contributed by atoms with Crippen molar-refractivity contribution in [2.24, 2.45) is 34.4 Å². The second-order valence-electron chi connectivity index (χ2n) is 28.3. The van der Waals surface area contributed by atoms with E-state index in [0.29, 0.717) is 66.1 Å². The van der Waals surface area contributed by atoms with E-state index in [4.69, 9.17) is 45.2 Å². The Balaban J connectivity index is 1.30. The van der Waals surface area contributed by atoms with Gasteiger partial charge < -0.3 is 134 Å². The Labute approximate surface area is 680 Å². The molecule has 0 aliphatic rings. The maximum Gasteiger partial charge on any atom is 0.326 e. The summed E-state index contributed by atoms with van der Waals surface area (Å²) in [5.41, 5.74) is 36.9. The molecule has 118 heavy (non-hydrogen) atoms. The number of amides is 11. The topological polar surface area (TPSA) is 720 Å². The van der Waals surface area contributed by atoms with E-state index in [-0.39, 0.29) is 134 Å². The summed E-state index contributed by atoms with van der Waals surface area (Å²) in [7, 11) is 0. The van der Waals surface area contributed by atoms with Crippen molar-refractivity contribution in [1.29, 1.82) is 10.8 Å². The Bertz CT molecular complexity index is 4140. The number of carbonyl (C=O) groups is 12. The quantitative estimate of drug-likeness (QED) is 0.00963. The number of aromatic nitrogens is 8. The summed E-state index contributed by atoms with van der Waals surface area (Å²) < 4.78 is 0. The van der Waals surface area contributed by atoms with Crippen LogP contribution in [0.15, 0.2) is 105 Å². The number of aliphatic carboxylic acids is 1. The SMILES string of the molecule is C[C@H](N)C(=O)N[C@@H](CCCCN)C(=O)N[C@@H](CCCNC(=N)N)C(=O)N[C@@H](Cc1cnc[nH]1)C(=O)N[C@@H](Cc1cnc[nH]1)C(=O)N[C@@H](CCCCN)C(=O)N[C@@H](Cc1ccc(O)cc1)C(=O)N[C@@H](Cc1cnc[nH]1)C(=O)N[C@@H](CCCNC(=N)N)C(=O)N[C@@H](CCCCN)C(=O)N[C@@H](Cc1ccccc1)C(=O)N[C@@H](Cc1cnc[nH]1)C(=O)O. The van der Waals surface area contributed by atoms with Crippen LogP contribution in [0.2, 0.25) is 0 Å². The molecule has 642 valence electrons. The highest BCUT2D eigenvalue weighted by Gasteiger charge is 2.38. The predicted octanol–water partition coefficient (Wildman–Crippen LogP) is -5.28. The molecule has 0 aliphatic heterocycles. The van der Waals surface area contributed by atoms with Gasteiger partial charge in [-0.25, -0.2) is 24.7 Å². The zero-order chi connectivity index (χ0) is 85.9. The van der Waals surface area contributed by atoms with Crippen LogP contribution >= 0.6 is 0 Å². The number of carbonyl (C=O) groups excluding carboxylic acids is 11. The molecule has 12 atom stereocenters. The molecule has 0 fully saturated rings. The Hall–Kier alpha value is -12.9. The van der Waals surface area contributed by atoms with E-state index in [0.717, 1.165) is 0 Å². The molecule has 11 amide bonds. The molecule has 0 aliphatic carbocycles. The third-order valence-corrected chi connectivity index (χ3v) is 18.7. The molecule has 0 radical (unpaired) electrons. The number of carboxylic acids is 1. The number of nitrogens with one attached hydrogen (secondary N) is 19. The summed E-state index contributed by atoms with van der Waals surface area (Å²) in [6.45, 7) is 2.17. The first-order valence-corrected chi connectivity index (χ1v) is 38.9. The van der Waals surface area contributed by atoms with Gasteiger partial charge in [-0.1, -0.05) is 42.5 Å². The van der Waals surface area contributed by atoms with Crippen LogP contribution in [-0.2, 0) is 96.1 Å². The van der Waals surface area contributed by atoms with E-state index in [2.05, 4.69) is 109 Å². The zero-order valence-corrected chi connectivity index (χ0v) is 65.8. The molecule has 6 aromatic rings. The fourth-order valence-corrected chi connectivity index (χ4v) is 12.3. The highest BCUT2D eigenvalue weighted by Crippen LogP contribution is 2.17. The maximum absolute atomic E-state index is 15.3. The largest absolute Gasteiger partial charge is 0.508 e. The van der Waals surface area contributed by atoms with Crippen molar-refractivity contribution in [3.05, 3.63) is 139 Å². The van der Waals surface area contributed by atoms with Crippen LogP contribution in [-0.4, -0.2) is 238 Å². The molecular formula is C75H113N29O14. The molecule has 4 heterocycles. The number of phenolic OH excluding ortho intramolecular Hbond substituents is 1. The minimum absolute atomic E-state index is 0.0173. The Morgan fingerprint density at radius 2 is 0.610 bits per heavy atom. The predicted molar refractivity (Wildman–Crippen MR) is 431 cm³/mol. The number of aromatic amines is 4. The number of nitrogens with zero attached hydrogens (tertiary/aromatic N) is 4. The zero-order valence-electron chi connectivity index (χ0n) is 65.8. The van der Waals surface area contributed by atoms with Gasteiger partial charge >= 0.3 is 5.97 Å². The van der Waals surface area contributed by atoms with Crippen molar-refractivity contribution in [2.45, 2.75) is 201 Å². The van der Waals surface area contributed by atoms with E-state index >= 15 is 19.2 Å². The number of rotatable bonds is 55. The maximum atomic E-state index is 15.3. The summed E-state index contributed by atoms with van der Waals surface area (Å²) in [6, 6.07) is -3.02. The standard InChI is InChI=1S/C75H113N29O14/c1-43(79)62(106)94-51(15-5-8-24-76)63(107)96-55(19-12-28-89-75(82)83)67(111)101-60(33-48-37-86-41-92-48)72(116)103-59(32-47-36-85-40-91-47)70(114)97-53(17-7-10-26-78)66(110)100-57(30-45-20-22-50(105)23-21-45)68(112)102-58(31-46-35-84-39-90-46)71(115)98-54(18-11-27-88-74(80)81)64(108)95-52(16-6-9-25-77)65(109)99-56(29-44-13-3-2-4-14-44)69(113)104-61(73(117)118)34-49-38-87-42-93-49/h2-4,13-14,20-23,35-43,51-61,105H,5-12,15-19,24-34,76-79H2,1H3,(H,84,90)(H,85,91)(H,86,92)(H,87,93)(H,94,106)(H,95,108)(H,96,107)(H,97,114)(H,98,115)(H,99,109)(H,100,110)(H,101,111)(H,102,112)(H,103,116)(H,104,113)(H,117,118)(H4,80,81,88)(H4,82,83,89)/t43-,51-,52-,53-,54-,55-,56-,57-,58-,59-,60-,61-/m0/s1. The second kappa shape index (κ2) is 50.4. The first kappa shape index (κ1) is 94.0. The lowest BCUT2D eigenvalue weighted by molar-refractivity contribution is -0.142. The average Bonchev–Trinajstić information content (AvgIpc) is 1.24. The Morgan fingerprint density at radius 1 is 0.356 bits per heavy atom. The molecule has 0 saturated carbocycles. The first-order chi connectivity index (χ1) is 56.6. The Morgan fingerprint density at radius 3 is 0.881 bits per heavy atom. The highest BCUT2D eigenvalue weighted by molar-refractivity contribution is 6.00. The number of H-pyrrole nitrogens is 4. The lowest BCUT2D eigenvalue weighted by Gasteiger charge is -2.29. The van der Waals surface area contributed by atoms with E-state index < -0.39 is 149 Å². The minimum Gasteiger partial charge on any atom is -0.508 e. The molecule has 43 heteroatoms. The molecular weight excluding hydrogens is 1530 g/mol. The normalized spacial score (nSPS) is 14.1. The molecule has 0 saturated heterocycles. The number of unbranched alkanes of at least 4 members (excludes halogenated alkanes) is 3. The van der Waals surface area contributed by atoms with Crippen molar-refractivity contribution in [3.8, 4) is 5.75 Å². The van der Waals surface area contributed by atoms with E-state index in [1.54, 1.807) is 30.3 Å². The van der Waals surface area contributed by atoms with Gasteiger partial charge in [-0.3, -0.25) is 63.6 Å². The number of phenols is 1. The third-order valence-electron chi connectivity index (χ3n) is 18.7. The number of benzene rings is 2. The van der Waals surface area contributed by atoms with Crippen molar-refractivity contribution >= 4 is 82.9 Å². The molecule has 33 N–H and O–H groups in total. The van der Waals surface area contributed by atoms with E-state index in [9.17, 15) is 48.6 Å². The molecule has 6 rings (SSSR count). The van der Waals surface area contributed by atoms with Crippen LogP contribution in [0.4, 0.5) is 0 Å². The van der Waals surface area contributed by atoms with Crippen molar-refractivity contribution in [1.82, 2.24) is 109 Å². The van der Waals surface area contributed by atoms with Gasteiger partial charge in [0.25, 0.3) is 0 Å². The number of aromatic hydroxyl groups is 1. The fourth-order valence-electron chi connectivity index (χ4n) is 12.3. The van der Waals surface area contributed by atoms with Gasteiger partial charge in [0.15, 0.2) is 11.9 Å². The summed E-state index contributed by atoms with van der Waals surface area (Å²) in [5.74, 6) is -12.0. The number of guanidine groups is 2. The van der Waals surface area contributed by atoms with Crippen LogP contribution in [0.25, 0.3) is 0 Å². The molecule has 2 aromatic carbocycles. The van der Waals surface area contributed by atoms with Gasteiger partial charge in [0, 0.05) is 99.2 Å². The van der Waals surface area contributed by atoms with Crippen LogP contribution in [0, 0.1) is 10.8 Å². The van der Waals surface area contributed by atoms with E-state index in [1.807, 2.05) is 0 Å². The van der Waals surface area contributed by atoms with Crippen molar-refractivity contribution in [2.75, 3.05) is 32.7 Å². The van der Waals surface area contributed by atoms with Gasteiger partial charge in [-0.15, -0.1) is 0 Å². The summed E-state index contributed by atoms with van der Waals surface area (Å²) in [6.07, 6.45) is 11.4. The lowest BCUT2D eigenvalue weighted by Crippen LogP contribution is -2.61. The first-order valence-electron chi connectivity index (χ1n) is 38.9. The molecule has 43 nitrogen and oxygen atoms in total. The van der Waals surface area contributed by atoms with Crippen LogP contribution in [0.5, 0.6) is 5.75 Å². The van der Waals surface area contributed by atoms with Crippen LogP contribution in [0.1, 0.15) is 124 Å². The summed E-state index contributed by atoms with van der Waals surface area (Å²) in [5, 5.41) is 70.9. The fraction of sp³-hybridized carbons (Fsp3) is 0.493. The third kappa shape index (κ3) is 33.9. The molecule has 0 spiro atoms. The summed E-state index contributed by atoms with van der Waals surface area (Å²) >= 11 is 0. The van der Waals surface area contributed by atoms with Crippen molar-refractivity contribution in [3.63, 3.8) is 0 Å². The highest BCUT2D eigenvalue weighted by atomic mass is 16.4. The second-order valence-corrected chi connectivity index (χ2v) is 28.3. The number of hydrogen-bond acceptors (Lipinski definition) is 23. The average molecular weight is 1640 g/mol. The van der Waals surface area contributed by atoms with Gasteiger partial charge in [-0.05, 0) is 133 Å². The number of hydrogen-bond donors (Lipinski definition) is 27. The van der Waals surface area contributed by atoms with Gasteiger partial charge in [-0.2, -0.15) is 0 Å². The van der Waals surface area contributed by atoms with Gasteiger partial charge in [0.2, 0.25) is 65.0 Å².